The molecule has 2 aromatic rings. The summed E-state index contributed by atoms with van der Waals surface area (Å²) >= 11 is 0. The van der Waals surface area contributed by atoms with Gasteiger partial charge in [0, 0.05) is 5.56 Å². The number of fused-ring (bicyclic) bond motifs is 2. The molecular weight excluding hydrogens is 471 g/mol. The SMILES string of the molecule is CC(C)CCC1(CCC(C)C)C(=O)C(C2=NS(O)(O)c3ccccc3N2)=C(O)c2ccccc21.[H-].[Na+]. The van der Waals surface area contributed by atoms with Gasteiger partial charge in [0.2, 0.25) is 0 Å². The zero-order valence-electron chi connectivity index (χ0n) is 22.2. The summed E-state index contributed by atoms with van der Waals surface area (Å²) < 4.78 is 25.7. The minimum Gasteiger partial charge on any atom is -1.00 e. The number of amidine groups is 1. The van der Waals surface area contributed by atoms with Crippen molar-refractivity contribution >= 4 is 33.8 Å². The normalized spacial score (nSPS) is 18.9. The van der Waals surface area contributed by atoms with Crippen molar-refractivity contribution in [3.05, 3.63) is 65.2 Å². The molecule has 6 nitrogen and oxygen atoms in total. The number of rotatable bonds is 7. The molecular formula is C27H35N2NaO4S. The van der Waals surface area contributed by atoms with Gasteiger partial charge in [-0.25, -0.2) is 0 Å². The third kappa shape index (κ3) is 5.26. The molecule has 8 heteroatoms. The summed E-state index contributed by atoms with van der Waals surface area (Å²) in [6, 6.07) is 14.3. The Kier molecular flexibility index (Phi) is 8.62. The molecule has 4 rings (SSSR count). The van der Waals surface area contributed by atoms with Gasteiger partial charge >= 0.3 is 29.6 Å². The number of para-hydroxylation sites is 1. The molecule has 1 heterocycles. The number of aliphatic hydroxyl groups is 1. The molecule has 0 unspecified atom stereocenters. The number of ketones is 1. The van der Waals surface area contributed by atoms with Gasteiger partial charge in [0.25, 0.3) is 0 Å². The van der Waals surface area contributed by atoms with E-state index in [1.807, 2.05) is 24.3 Å². The fraction of sp³-hybridized carbons (Fsp3) is 0.407. The molecule has 0 atom stereocenters. The van der Waals surface area contributed by atoms with E-state index >= 15 is 0 Å². The van der Waals surface area contributed by atoms with Crippen LogP contribution in [-0.2, 0) is 10.2 Å². The van der Waals surface area contributed by atoms with Gasteiger partial charge in [-0.2, -0.15) is 0 Å². The molecule has 2 aliphatic rings. The summed E-state index contributed by atoms with van der Waals surface area (Å²) in [5, 5.41) is 14.4. The molecule has 0 spiro atoms. The topological polar surface area (TPSA) is 102 Å². The molecule has 4 N–H and O–H groups in total. The zero-order valence-corrected chi connectivity index (χ0v) is 24.0. The Bertz CT molecular complexity index is 1170. The van der Waals surface area contributed by atoms with Crippen molar-refractivity contribution in [3.8, 4) is 0 Å². The van der Waals surface area contributed by atoms with Crippen LogP contribution in [0.15, 0.2) is 63.4 Å². The zero-order chi connectivity index (χ0) is 24.7. The van der Waals surface area contributed by atoms with Gasteiger partial charge in [-0.15, -0.1) is 4.40 Å². The Hall–Kier alpha value is -1.61. The Morgan fingerprint density at radius 2 is 1.54 bits per heavy atom. The van der Waals surface area contributed by atoms with Gasteiger partial charge in [0.1, 0.15) is 16.2 Å². The van der Waals surface area contributed by atoms with E-state index in [2.05, 4.69) is 37.4 Å². The van der Waals surface area contributed by atoms with E-state index in [1.54, 1.807) is 24.3 Å². The van der Waals surface area contributed by atoms with Crippen molar-refractivity contribution < 1.29 is 50.0 Å². The predicted octanol–water partition coefficient (Wildman–Crippen LogP) is 4.31. The second kappa shape index (κ2) is 10.8. The van der Waals surface area contributed by atoms with E-state index in [0.29, 0.717) is 35.9 Å². The Labute approximate surface area is 233 Å². The number of hydrogen-bond acceptors (Lipinski definition) is 6. The summed E-state index contributed by atoms with van der Waals surface area (Å²) in [6.07, 6.45) is 2.99. The number of carbonyl (C=O) groups excluding carboxylic acids is 1. The molecule has 0 saturated heterocycles. The molecule has 1 aliphatic carbocycles. The van der Waals surface area contributed by atoms with Crippen molar-refractivity contribution in [3.63, 3.8) is 0 Å². The van der Waals surface area contributed by atoms with Crippen LogP contribution in [0.25, 0.3) is 5.76 Å². The second-order valence-electron chi connectivity index (χ2n) is 10.1. The summed E-state index contributed by atoms with van der Waals surface area (Å²) in [4.78, 5) is 14.6. The van der Waals surface area contributed by atoms with Crippen LogP contribution in [0.3, 0.4) is 0 Å². The third-order valence-corrected chi connectivity index (χ3v) is 8.17. The predicted molar refractivity (Wildman–Crippen MR) is 141 cm³/mol. The Balaban J connectivity index is 0.00000228. The molecule has 0 fully saturated rings. The van der Waals surface area contributed by atoms with Crippen LogP contribution in [0.4, 0.5) is 5.69 Å². The first-order valence-corrected chi connectivity index (χ1v) is 13.4. The van der Waals surface area contributed by atoms with Gasteiger partial charge in [-0.3, -0.25) is 13.9 Å². The maximum absolute atomic E-state index is 14.4. The maximum Gasteiger partial charge on any atom is 1.00 e. The molecule has 2 aromatic carbocycles. The number of nitrogens with zero attached hydrogens (tertiary/aromatic N) is 1. The van der Waals surface area contributed by atoms with Crippen LogP contribution in [-0.4, -0.2) is 25.8 Å². The second-order valence-corrected chi connectivity index (χ2v) is 11.8. The van der Waals surface area contributed by atoms with E-state index in [9.17, 15) is 19.0 Å². The number of hydrogen-bond donors (Lipinski definition) is 4. The van der Waals surface area contributed by atoms with Gasteiger partial charge in [0.15, 0.2) is 11.6 Å². The van der Waals surface area contributed by atoms with Crippen LogP contribution in [0, 0.1) is 11.8 Å². The van der Waals surface area contributed by atoms with E-state index in [4.69, 9.17) is 0 Å². The van der Waals surface area contributed by atoms with E-state index < -0.39 is 16.2 Å². The summed E-state index contributed by atoms with van der Waals surface area (Å²) in [7, 11) is -3.53. The molecule has 0 amide bonds. The van der Waals surface area contributed by atoms with Crippen molar-refractivity contribution in [2.24, 2.45) is 16.2 Å². The fourth-order valence-electron chi connectivity index (χ4n) is 4.87. The molecule has 35 heavy (non-hydrogen) atoms. The third-order valence-electron chi connectivity index (χ3n) is 6.78. The monoisotopic (exact) mass is 506 g/mol. The molecule has 1 aliphatic heterocycles. The minimum atomic E-state index is -3.53. The van der Waals surface area contributed by atoms with Crippen LogP contribution >= 0.6 is 10.8 Å². The summed E-state index contributed by atoms with van der Waals surface area (Å²) in [5.74, 6) is 0.428. The quantitative estimate of drug-likeness (QED) is 0.419. The van der Waals surface area contributed by atoms with E-state index in [-0.39, 0.29) is 58.8 Å². The number of aliphatic hydroxyl groups excluding tert-OH is 1. The minimum absolute atomic E-state index is 0. The summed E-state index contributed by atoms with van der Waals surface area (Å²) in [6.45, 7) is 8.57. The number of nitrogens with one attached hydrogen (secondary N) is 1. The number of Topliss-reactive ketones (excluding diaryl/α,β-unsaturated/α-hetero) is 1. The van der Waals surface area contributed by atoms with Gasteiger partial charge in [-0.1, -0.05) is 74.9 Å². The molecule has 0 aromatic heterocycles. The number of carbonyl (C=O) groups is 1. The molecule has 0 saturated carbocycles. The number of anilines is 1. The van der Waals surface area contributed by atoms with Crippen molar-refractivity contribution in [1.29, 1.82) is 0 Å². The first-order valence-electron chi connectivity index (χ1n) is 11.9. The Morgan fingerprint density at radius 1 is 0.971 bits per heavy atom. The largest absolute Gasteiger partial charge is 1.00 e. The van der Waals surface area contributed by atoms with Crippen LogP contribution in [0.5, 0.6) is 0 Å². The fourth-order valence-corrected chi connectivity index (χ4v) is 6.03. The average Bonchev–Trinajstić information content (AvgIpc) is 2.78. The average molecular weight is 507 g/mol. The first kappa shape index (κ1) is 28.0. The van der Waals surface area contributed by atoms with Crippen molar-refractivity contribution in [2.45, 2.75) is 63.7 Å². The number of benzene rings is 2. The molecule has 0 bridgehead atoms. The Morgan fingerprint density at radius 3 is 2.17 bits per heavy atom. The van der Waals surface area contributed by atoms with Crippen molar-refractivity contribution in [2.75, 3.05) is 5.32 Å². The molecule has 0 radical (unpaired) electrons. The van der Waals surface area contributed by atoms with Crippen LogP contribution in [0.2, 0.25) is 0 Å². The smallest absolute Gasteiger partial charge is 1.00 e. The van der Waals surface area contributed by atoms with Crippen LogP contribution in [0.1, 0.15) is 65.9 Å². The van der Waals surface area contributed by atoms with E-state index in [1.165, 1.54) is 0 Å². The maximum atomic E-state index is 14.4. The van der Waals surface area contributed by atoms with Crippen LogP contribution < -0.4 is 34.9 Å². The summed E-state index contributed by atoms with van der Waals surface area (Å²) in [5.41, 5.74) is 1.11. The standard InChI is InChI=1S/C27H34N2O4S.Na.H/c1-17(2)13-15-27(16-14-18(3)4)20-10-6-5-9-19(20)24(30)23(25(27)31)26-28-21-11-7-8-12-22(21)34(32,33)29-26;;/h5-12,17-18,30,32-33H,13-16H2,1-4H3,(H,28,29);;/q;+1;-1. The van der Waals surface area contributed by atoms with Gasteiger partial charge in [-0.05, 0) is 55.2 Å². The van der Waals surface area contributed by atoms with Crippen molar-refractivity contribution in [1.82, 2.24) is 0 Å². The van der Waals surface area contributed by atoms with E-state index in [0.717, 1.165) is 18.4 Å². The van der Waals surface area contributed by atoms with Gasteiger partial charge in [0.05, 0.1) is 11.1 Å². The molecule has 184 valence electrons. The first-order chi connectivity index (χ1) is 16.1. The van der Waals surface area contributed by atoms with Gasteiger partial charge < -0.3 is 11.8 Å².